The molecule has 1 amide bonds. The van der Waals surface area contributed by atoms with Gasteiger partial charge in [-0.05, 0) is 37.5 Å². The average Bonchev–Trinajstić information content (AvgIpc) is 2.46. The van der Waals surface area contributed by atoms with Gasteiger partial charge in [-0.25, -0.2) is 4.39 Å². The monoisotopic (exact) mass is 278 g/mol. The summed E-state index contributed by atoms with van der Waals surface area (Å²) in [5, 5.41) is 2.89. The first-order chi connectivity index (χ1) is 9.58. The second-order valence-electron chi connectivity index (χ2n) is 5.63. The molecule has 20 heavy (non-hydrogen) atoms. The molecule has 1 N–H and O–H groups in total. The van der Waals surface area contributed by atoms with Gasteiger partial charge in [0.25, 0.3) is 0 Å². The Morgan fingerprint density at radius 2 is 2.05 bits per heavy atom. The van der Waals surface area contributed by atoms with E-state index >= 15 is 0 Å². The molecule has 0 saturated heterocycles. The number of nitrogens with one attached hydrogen (secondary N) is 1. The fourth-order valence-corrected chi connectivity index (χ4v) is 2.73. The maximum absolute atomic E-state index is 13.7. The zero-order valence-electron chi connectivity index (χ0n) is 12.3. The molecule has 0 spiro atoms. The van der Waals surface area contributed by atoms with Gasteiger partial charge in [0.2, 0.25) is 5.91 Å². The second-order valence-corrected chi connectivity index (χ2v) is 5.63. The molecule has 1 saturated carbocycles. The molecule has 2 rings (SSSR count). The highest BCUT2D eigenvalue weighted by atomic mass is 19.1. The van der Waals surface area contributed by atoms with Gasteiger partial charge in [-0.2, -0.15) is 0 Å². The SMILES string of the molecule is Cc1ccc(NCC(=O)N(C)C2CCCCC2)c(F)c1. The van der Waals surface area contributed by atoms with Gasteiger partial charge in [0.15, 0.2) is 0 Å². The summed E-state index contributed by atoms with van der Waals surface area (Å²) in [5.74, 6) is -0.282. The van der Waals surface area contributed by atoms with Crippen LogP contribution in [0.5, 0.6) is 0 Å². The average molecular weight is 278 g/mol. The Labute approximate surface area is 120 Å². The van der Waals surface area contributed by atoms with Crippen molar-refractivity contribution in [2.24, 2.45) is 0 Å². The molecule has 1 aromatic carbocycles. The van der Waals surface area contributed by atoms with Gasteiger partial charge in [-0.3, -0.25) is 4.79 Å². The fourth-order valence-electron chi connectivity index (χ4n) is 2.73. The van der Waals surface area contributed by atoms with Crippen molar-refractivity contribution in [3.05, 3.63) is 29.6 Å². The Hall–Kier alpha value is -1.58. The van der Waals surface area contributed by atoms with Gasteiger partial charge in [0.1, 0.15) is 5.82 Å². The van der Waals surface area contributed by atoms with E-state index in [2.05, 4.69) is 5.32 Å². The summed E-state index contributed by atoms with van der Waals surface area (Å²) in [5.41, 5.74) is 1.26. The Kier molecular flexibility index (Phi) is 4.99. The van der Waals surface area contributed by atoms with Crippen LogP contribution in [0.25, 0.3) is 0 Å². The Morgan fingerprint density at radius 1 is 1.35 bits per heavy atom. The predicted molar refractivity (Wildman–Crippen MR) is 79.3 cm³/mol. The quantitative estimate of drug-likeness (QED) is 0.916. The first-order valence-corrected chi connectivity index (χ1v) is 7.33. The van der Waals surface area contributed by atoms with Gasteiger partial charge >= 0.3 is 0 Å². The van der Waals surface area contributed by atoms with Gasteiger partial charge in [0.05, 0.1) is 12.2 Å². The largest absolute Gasteiger partial charge is 0.374 e. The molecular formula is C16H23FN2O. The van der Waals surface area contributed by atoms with E-state index in [1.165, 1.54) is 25.3 Å². The first kappa shape index (κ1) is 14.8. The standard InChI is InChI=1S/C16H23FN2O/c1-12-8-9-15(14(17)10-12)18-11-16(20)19(2)13-6-4-3-5-7-13/h8-10,13,18H,3-7,11H2,1-2H3. The van der Waals surface area contributed by atoms with E-state index in [-0.39, 0.29) is 18.3 Å². The molecule has 0 atom stereocenters. The van der Waals surface area contributed by atoms with Crippen LogP contribution in [-0.4, -0.2) is 30.4 Å². The lowest BCUT2D eigenvalue weighted by Crippen LogP contribution is -2.41. The van der Waals surface area contributed by atoms with E-state index in [0.29, 0.717) is 11.7 Å². The lowest BCUT2D eigenvalue weighted by atomic mass is 9.94. The summed E-state index contributed by atoms with van der Waals surface area (Å²) in [6, 6.07) is 5.33. The Bertz CT molecular complexity index is 470. The van der Waals surface area contributed by atoms with Crippen LogP contribution in [0.15, 0.2) is 18.2 Å². The molecule has 4 heteroatoms. The van der Waals surface area contributed by atoms with Crippen molar-refractivity contribution in [3.8, 4) is 0 Å². The van der Waals surface area contributed by atoms with E-state index in [0.717, 1.165) is 18.4 Å². The summed E-state index contributed by atoms with van der Waals surface area (Å²) in [4.78, 5) is 14.0. The van der Waals surface area contributed by atoms with Gasteiger partial charge < -0.3 is 10.2 Å². The number of hydrogen-bond donors (Lipinski definition) is 1. The third-order valence-electron chi connectivity index (χ3n) is 4.07. The summed E-state index contributed by atoms with van der Waals surface area (Å²) >= 11 is 0. The molecule has 0 unspecified atom stereocenters. The van der Waals surface area contributed by atoms with Crippen LogP contribution in [0.4, 0.5) is 10.1 Å². The number of carbonyl (C=O) groups is 1. The van der Waals surface area contributed by atoms with Crippen molar-refractivity contribution in [1.29, 1.82) is 0 Å². The van der Waals surface area contributed by atoms with E-state index in [1.54, 1.807) is 6.07 Å². The lowest BCUT2D eigenvalue weighted by Gasteiger charge is -2.31. The molecule has 0 aliphatic heterocycles. The summed E-state index contributed by atoms with van der Waals surface area (Å²) in [7, 11) is 1.85. The van der Waals surface area contributed by atoms with E-state index in [9.17, 15) is 9.18 Å². The fraction of sp³-hybridized carbons (Fsp3) is 0.562. The van der Waals surface area contributed by atoms with E-state index in [4.69, 9.17) is 0 Å². The smallest absolute Gasteiger partial charge is 0.241 e. The number of amides is 1. The number of anilines is 1. The van der Waals surface area contributed by atoms with Crippen molar-refractivity contribution in [1.82, 2.24) is 4.90 Å². The number of aryl methyl sites for hydroxylation is 1. The molecular weight excluding hydrogens is 255 g/mol. The first-order valence-electron chi connectivity index (χ1n) is 7.33. The van der Waals surface area contributed by atoms with Crippen molar-refractivity contribution >= 4 is 11.6 Å². The number of nitrogens with zero attached hydrogens (tertiary/aromatic N) is 1. The van der Waals surface area contributed by atoms with Crippen molar-refractivity contribution < 1.29 is 9.18 Å². The van der Waals surface area contributed by atoms with Crippen LogP contribution in [0.3, 0.4) is 0 Å². The van der Waals surface area contributed by atoms with Gasteiger partial charge in [-0.1, -0.05) is 25.3 Å². The maximum atomic E-state index is 13.7. The minimum Gasteiger partial charge on any atom is -0.374 e. The number of hydrogen-bond acceptors (Lipinski definition) is 2. The zero-order valence-corrected chi connectivity index (χ0v) is 12.3. The van der Waals surface area contributed by atoms with Crippen molar-refractivity contribution in [2.45, 2.75) is 45.1 Å². The molecule has 1 aromatic rings. The van der Waals surface area contributed by atoms with Crippen LogP contribution in [-0.2, 0) is 4.79 Å². The van der Waals surface area contributed by atoms with Crippen molar-refractivity contribution in [2.75, 3.05) is 18.9 Å². The minimum absolute atomic E-state index is 0.0249. The van der Waals surface area contributed by atoms with E-state index in [1.807, 2.05) is 24.9 Å². The second kappa shape index (κ2) is 6.73. The lowest BCUT2D eigenvalue weighted by molar-refractivity contribution is -0.130. The number of likely N-dealkylation sites (N-methyl/N-ethyl adjacent to an activating group) is 1. The highest BCUT2D eigenvalue weighted by Crippen LogP contribution is 2.22. The van der Waals surface area contributed by atoms with Crippen LogP contribution in [0.2, 0.25) is 0 Å². The van der Waals surface area contributed by atoms with E-state index < -0.39 is 0 Å². The van der Waals surface area contributed by atoms with Crippen LogP contribution in [0, 0.1) is 12.7 Å². The maximum Gasteiger partial charge on any atom is 0.241 e. The normalized spacial score (nSPS) is 15.9. The summed E-state index contributed by atoms with van der Waals surface area (Å²) in [6.07, 6.45) is 5.83. The molecule has 3 nitrogen and oxygen atoms in total. The third kappa shape index (κ3) is 3.71. The highest BCUT2D eigenvalue weighted by molar-refractivity contribution is 5.81. The number of halogens is 1. The van der Waals surface area contributed by atoms with Gasteiger partial charge in [0, 0.05) is 13.1 Å². The molecule has 110 valence electrons. The number of carbonyl (C=O) groups excluding carboxylic acids is 1. The molecule has 0 heterocycles. The Morgan fingerprint density at radius 3 is 2.70 bits per heavy atom. The molecule has 0 bridgehead atoms. The third-order valence-corrected chi connectivity index (χ3v) is 4.07. The zero-order chi connectivity index (χ0) is 14.5. The van der Waals surface area contributed by atoms with Crippen molar-refractivity contribution in [3.63, 3.8) is 0 Å². The minimum atomic E-state index is -0.307. The van der Waals surface area contributed by atoms with Gasteiger partial charge in [-0.15, -0.1) is 0 Å². The molecule has 1 fully saturated rings. The molecule has 1 aliphatic rings. The molecule has 0 radical (unpaired) electrons. The Balaban J connectivity index is 1.87. The summed E-state index contributed by atoms with van der Waals surface area (Å²) < 4.78 is 13.7. The molecule has 1 aliphatic carbocycles. The number of rotatable bonds is 4. The summed E-state index contributed by atoms with van der Waals surface area (Å²) in [6.45, 7) is 1.99. The highest BCUT2D eigenvalue weighted by Gasteiger charge is 2.21. The predicted octanol–water partition coefficient (Wildman–Crippen LogP) is 3.34. The van der Waals surface area contributed by atoms with Crippen LogP contribution in [0.1, 0.15) is 37.7 Å². The van der Waals surface area contributed by atoms with Crippen LogP contribution < -0.4 is 5.32 Å². The topological polar surface area (TPSA) is 32.3 Å². The molecule has 0 aromatic heterocycles. The van der Waals surface area contributed by atoms with Crippen LogP contribution >= 0.6 is 0 Å². The number of benzene rings is 1.